The SMILES string of the molecule is O=C1CCc2cccc(-c3ccccc3)c21. The van der Waals surface area contributed by atoms with Gasteiger partial charge in [-0.25, -0.2) is 0 Å². The third-order valence-electron chi connectivity index (χ3n) is 3.14. The summed E-state index contributed by atoms with van der Waals surface area (Å²) in [5.41, 5.74) is 4.36. The summed E-state index contributed by atoms with van der Waals surface area (Å²) in [6.45, 7) is 0. The van der Waals surface area contributed by atoms with Crippen LogP contribution in [0.4, 0.5) is 0 Å². The van der Waals surface area contributed by atoms with Crippen LogP contribution in [-0.2, 0) is 6.42 Å². The summed E-state index contributed by atoms with van der Waals surface area (Å²) >= 11 is 0. The Kier molecular flexibility index (Phi) is 2.10. The van der Waals surface area contributed by atoms with Crippen molar-refractivity contribution in [1.29, 1.82) is 0 Å². The van der Waals surface area contributed by atoms with E-state index in [1.165, 1.54) is 5.56 Å². The molecule has 0 atom stereocenters. The minimum Gasteiger partial charge on any atom is -0.294 e. The van der Waals surface area contributed by atoms with Gasteiger partial charge in [-0.3, -0.25) is 4.79 Å². The highest BCUT2D eigenvalue weighted by Gasteiger charge is 2.22. The predicted molar refractivity (Wildman–Crippen MR) is 64.5 cm³/mol. The van der Waals surface area contributed by atoms with E-state index in [9.17, 15) is 4.79 Å². The number of rotatable bonds is 1. The Labute approximate surface area is 94.7 Å². The van der Waals surface area contributed by atoms with Crippen molar-refractivity contribution in [3.05, 3.63) is 59.7 Å². The van der Waals surface area contributed by atoms with Crippen molar-refractivity contribution in [3.8, 4) is 11.1 Å². The van der Waals surface area contributed by atoms with E-state index in [1.807, 2.05) is 30.3 Å². The molecule has 0 aromatic heterocycles. The molecule has 2 aromatic carbocycles. The van der Waals surface area contributed by atoms with Crippen LogP contribution in [0.5, 0.6) is 0 Å². The maximum atomic E-state index is 11.9. The van der Waals surface area contributed by atoms with Crippen molar-refractivity contribution < 1.29 is 4.79 Å². The molecule has 16 heavy (non-hydrogen) atoms. The number of fused-ring (bicyclic) bond motifs is 1. The minimum absolute atomic E-state index is 0.287. The Morgan fingerprint density at radius 1 is 0.812 bits per heavy atom. The van der Waals surface area contributed by atoms with Crippen LogP contribution in [0.2, 0.25) is 0 Å². The normalized spacial score (nSPS) is 13.9. The van der Waals surface area contributed by atoms with E-state index in [1.54, 1.807) is 0 Å². The first-order valence-corrected chi connectivity index (χ1v) is 5.57. The second kappa shape index (κ2) is 3.60. The standard InChI is InChI=1S/C15H12O/c16-14-10-9-12-7-4-8-13(15(12)14)11-5-2-1-3-6-11/h1-8H,9-10H2. The fourth-order valence-electron chi connectivity index (χ4n) is 2.37. The van der Waals surface area contributed by atoms with Crippen LogP contribution in [0.25, 0.3) is 11.1 Å². The van der Waals surface area contributed by atoms with Crippen molar-refractivity contribution >= 4 is 5.78 Å². The molecule has 1 heteroatoms. The lowest BCUT2D eigenvalue weighted by Gasteiger charge is -2.07. The summed E-state index contributed by atoms with van der Waals surface area (Å²) in [7, 11) is 0. The summed E-state index contributed by atoms with van der Waals surface area (Å²) < 4.78 is 0. The van der Waals surface area contributed by atoms with Gasteiger partial charge >= 0.3 is 0 Å². The molecule has 0 bridgehead atoms. The molecule has 0 spiro atoms. The highest BCUT2D eigenvalue weighted by Crippen LogP contribution is 2.31. The molecule has 1 nitrogen and oxygen atoms in total. The molecule has 0 radical (unpaired) electrons. The number of hydrogen-bond acceptors (Lipinski definition) is 1. The van der Waals surface area contributed by atoms with Gasteiger partial charge in [-0.2, -0.15) is 0 Å². The van der Waals surface area contributed by atoms with Gasteiger partial charge < -0.3 is 0 Å². The van der Waals surface area contributed by atoms with Crippen LogP contribution < -0.4 is 0 Å². The lowest BCUT2D eigenvalue weighted by Crippen LogP contribution is -1.95. The number of ketones is 1. The molecule has 0 heterocycles. The quantitative estimate of drug-likeness (QED) is 0.701. The fourth-order valence-corrected chi connectivity index (χ4v) is 2.37. The average molecular weight is 208 g/mol. The summed E-state index contributed by atoms with van der Waals surface area (Å²) in [5.74, 6) is 0.287. The number of Topliss-reactive ketones (excluding diaryl/α,β-unsaturated/α-hetero) is 1. The van der Waals surface area contributed by atoms with Crippen LogP contribution in [0.3, 0.4) is 0 Å². The molecule has 0 saturated carbocycles. The summed E-state index contributed by atoms with van der Waals surface area (Å²) in [6.07, 6.45) is 1.56. The molecule has 1 aliphatic carbocycles. The van der Waals surface area contributed by atoms with Crippen molar-refractivity contribution in [3.63, 3.8) is 0 Å². The maximum absolute atomic E-state index is 11.9. The van der Waals surface area contributed by atoms with Gasteiger partial charge in [0.1, 0.15) is 0 Å². The molecule has 0 fully saturated rings. The minimum atomic E-state index is 0.287. The smallest absolute Gasteiger partial charge is 0.164 e. The highest BCUT2D eigenvalue weighted by molar-refractivity contribution is 6.06. The molecule has 0 saturated heterocycles. The summed E-state index contributed by atoms with van der Waals surface area (Å²) in [5, 5.41) is 0. The van der Waals surface area contributed by atoms with Crippen LogP contribution in [0.15, 0.2) is 48.5 Å². The van der Waals surface area contributed by atoms with Crippen LogP contribution in [-0.4, -0.2) is 5.78 Å². The topological polar surface area (TPSA) is 17.1 Å². The lowest BCUT2D eigenvalue weighted by atomic mass is 9.97. The van der Waals surface area contributed by atoms with Gasteiger partial charge in [-0.15, -0.1) is 0 Å². The molecule has 1 aliphatic rings. The Morgan fingerprint density at radius 2 is 1.62 bits per heavy atom. The summed E-state index contributed by atoms with van der Waals surface area (Å²) in [6, 6.07) is 16.3. The Morgan fingerprint density at radius 3 is 2.44 bits per heavy atom. The van der Waals surface area contributed by atoms with Crippen LogP contribution in [0, 0.1) is 0 Å². The van der Waals surface area contributed by atoms with E-state index < -0.39 is 0 Å². The Hall–Kier alpha value is -1.89. The average Bonchev–Trinajstić information content (AvgIpc) is 2.73. The van der Waals surface area contributed by atoms with E-state index in [0.717, 1.165) is 23.1 Å². The molecular weight excluding hydrogens is 196 g/mol. The largest absolute Gasteiger partial charge is 0.294 e. The van der Waals surface area contributed by atoms with Crippen molar-refractivity contribution in [2.45, 2.75) is 12.8 Å². The third-order valence-corrected chi connectivity index (χ3v) is 3.14. The lowest BCUT2D eigenvalue weighted by molar-refractivity contribution is 0.0995. The molecule has 78 valence electrons. The van der Waals surface area contributed by atoms with Gasteiger partial charge in [0.05, 0.1) is 0 Å². The number of benzene rings is 2. The van der Waals surface area contributed by atoms with E-state index in [2.05, 4.69) is 18.2 Å². The molecule has 0 aliphatic heterocycles. The van der Waals surface area contributed by atoms with E-state index in [4.69, 9.17) is 0 Å². The molecule has 0 amide bonds. The van der Waals surface area contributed by atoms with Crippen molar-refractivity contribution in [2.24, 2.45) is 0 Å². The van der Waals surface area contributed by atoms with Crippen molar-refractivity contribution in [1.82, 2.24) is 0 Å². The monoisotopic (exact) mass is 208 g/mol. The first kappa shape index (κ1) is 9.34. The van der Waals surface area contributed by atoms with Gasteiger partial charge in [0.15, 0.2) is 5.78 Å². The number of carbonyl (C=O) groups is 1. The van der Waals surface area contributed by atoms with Gasteiger partial charge in [0, 0.05) is 12.0 Å². The zero-order valence-electron chi connectivity index (χ0n) is 8.94. The zero-order valence-corrected chi connectivity index (χ0v) is 8.94. The van der Waals surface area contributed by atoms with E-state index >= 15 is 0 Å². The first-order valence-electron chi connectivity index (χ1n) is 5.57. The summed E-state index contributed by atoms with van der Waals surface area (Å²) in [4.78, 5) is 11.9. The fraction of sp³-hybridized carbons (Fsp3) is 0.133. The zero-order chi connectivity index (χ0) is 11.0. The predicted octanol–water partition coefficient (Wildman–Crippen LogP) is 3.48. The van der Waals surface area contributed by atoms with E-state index in [0.29, 0.717) is 6.42 Å². The molecular formula is C15H12O. The molecule has 0 N–H and O–H groups in total. The van der Waals surface area contributed by atoms with Gasteiger partial charge in [-0.1, -0.05) is 48.5 Å². The van der Waals surface area contributed by atoms with Crippen LogP contribution >= 0.6 is 0 Å². The second-order valence-corrected chi connectivity index (χ2v) is 4.13. The Balaban J connectivity index is 2.23. The highest BCUT2D eigenvalue weighted by atomic mass is 16.1. The first-order chi connectivity index (χ1) is 7.86. The molecule has 0 unspecified atom stereocenters. The van der Waals surface area contributed by atoms with Gasteiger partial charge in [0.2, 0.25) is 0 Å². The number of aryl methyl sites for hydroxylation is 1. The van der Waals surface area contributed by atoms with Gasteiger partial charge in [-0.05, 0) is 23.1 Å². The van der Waals surface area contributed by atoms with Crippen molar-refractivity contribution in [2.75, 3.05) is 0 Å². The molecule has 3 rings (SSSR count). The van der Waals surface area contributed by atoms with E-state index in [-0.39, 0.29) is 5.78 Å². The second-order valence-electron chi connectivity index (χ2n) is 4.13. The maximum Gasteiger partial charge on any atom is 0.164 e. The third kappa shape index (κ3) is 1.36. The van der Waals surface area contributed by atoms with Gasteiger partial charge in [0.25, 0.3) is 0 Å². The number of hydrogen-bond donors (Lipinski definition) is 0. The van der Waals surface area contributed by atoms with Crippen LogP contribution in [0.1, 0.15) is 22.3 Å². The number of carbonyl (C=O) groups excluding carboxylic acids is 1. The Bertz CT molecular complexity index is 541. The molecule has 2 aromatic rings.